The zero-order valence-corrected chi connectivity index (χ0v) is 15.2. The molecule has 0 atom stereocenters. The Hall–Kier alpha value is -3.18. The molecule has 0 radical (unpaired) electrons. The molecule has 0 bridgehead atoms. The topological polar surface area (TPSA) is 71.1 Å². The molecule has 27 heavy (non-hydrogen) atoms. The van der Waals surface area contributed by atoms with Gasteiger partial charge in [-0.25, -0.2) is 0 Å². The summed E-state index contributed by atoms with van der Waals surface area (Å²) >= 11 is 6.08. The lowest BCUT2D eigenvalue weighted by Gasteiger charge is -2.08. The van der Waals surface area contributed by atoms with Crippen LogP contribution in [0.5, 0.6) is 0 Å². The van der Waals surface area contributed by atoms with Gasteiger partial charge in [-0.1, -0.05) is 35.9 Å². The number of carbonyl (C=O) groups excluding carboxylic acids is 2. The van der Waals surface area contributed by atoms with Gasteiger partial charge in [0, 0.05) is 28.9 Å². The molecule has 2 N–H and O–H groups in total. The average Bonchev–Trinajstić information content (AvgIpc) is 2.72. The largest absolute Gasteiger partial charge is 0.348 e. The van der Waals surface area contributed by atoms with E-state index in [-0.39, 0.29) is 11.8 Å². The van der Waals surface area contributed by atoms with E-state index in [2.05, 4.69) is 15.6 Å². The Morgan fingerprint density at radius 1 is 0.778 bits per heavy atom. The van der Waals surface area contributed by atoms with E-state index in [0.29, 0.717) is 29.2 Å². The van der Waals surface area contributed by atoms with Crippen LogP contribution in [-0.2, 0) is 13.1 Å². The van der Waals surface area contributed by atoms with Gasteiger partial charge in [0.1, 0.15) is 0 Å². The van der Waals surface area contributed by atoms with Gasteiger partial charge in [0.05, 0.1) is 12.2 Å². The number of halogens is 1. The van der Waals surface area contributed by atoms with Gasteiger partial charge in [0.15, 0.2) is 0 Å². The molecule has 0 spiro atoms. The van der Waals surface area contributed by atoms with E-state index in [4.69, 9.17) is 11.6 Å². The summed E-state index contributed by atoms with van der Waals surface area (Å²) in [5, 5.41) is 6.23. The highest BCUT2D eigenvalue weighted by molar-refractivity contribution is 6.31. The van der Waals surface area contributed by atoms with E-state index in [1.807, 2.05) is 36.4 Å². The maximum Gasteiger partial charge on any atom is 0.251 e. The monoisotopic (exact) mass is 379 g/mol. The fourth-order valence-electron chi connectivity index (χ4n) is 2.47. The molecule has 0 aliphatic carbocycles. The minimum Gasteiger partial charge on any atom is -0.348 e. The van der Waals surface area contributed by atoms with Gasteiger partial charge in [0.25, 0.3) is 11.8 Å². The van der Waals surface area contributed by atoms with Crippen LogP contribution in [0.4, 0.5) is 0 Å². The van der Waals surface area contributed by atoms with Crippen molar-refractivity contribution in [1.29, 1.82) is 0 Å². The molecule has 0 saturated heterocycles. The minimum absolute atomic E-state index is 0.219. The number of rotatable bonds is 6. The number of nitrogens with one attached hydrogen (secondary N) is 2. The van der Waals surface area contributed by atoms with Gasteiger partial charge in [-0.3, -0.25) is 14.6 Å². The van der Waals surface area contributed by atoms with E-state index in [1.165, 1.54) is 0 Å². The van der Waals surface area contributed by atoms with E-state index in [1.54, 1.807) is 36.5 Å². The van der Waals surface area contributed by atoms with Crippen LogP contribution in [0.3, 0.4) is 0 Å². The highest BCUT2D eigenvalue weighted by Gasteiger charge is 2.09. The summed E-state index contributed by atoms with van der Waals surface area (Å²) in [6.07, 6.45) is 1.68. The van der Waals surface area contributed by atoms with Crippen LogP contribution < -0.4 is 10.6 Å². The van der Waals surface area contributed by atoms with Crippen LogP contribution in [0.1, 0.15) is 32.0 Å². The number of benzene rings is 2. The highest BCUT2D eigenvalue weighted by atomic mass is 35.5. The third-order valence-electron chi connectivity index (χ3n) is 3.96. The minimum atomic E-state index is -0.227. The third kappa shape index (κ3) is 5.15. The number of aromatic nitrogens is 1. The van der Waals surface area contributed by atoms with Gasteiger partial charge < -0.3 is 10.6 Å². The van der Waals surface area contributed by atoms with Gasteiger partial charge in [-0.2, -0.15) is 0 Å². The SMILES string of the molecule is O=C(NCc1ccccn1)c1ccc(C(=O)NCc2ccccc2Cl)cc1. The van der Waals surface area contributed by atoms with Gasteiger partial charge >= 0.3 is 0 Å². The van der Waals surface area contributed by atoms with Crippen LogP contribution in [0.15, 0.2) is 72.9 Å². The van der Waals surface area contributed by atoms with Crippen molar-refractivity contribution in [3.63, 3.8) is 0 Å². The first kappa shape index (κ1) is 18.6. The smallest absolute Gasteiger partial charge is 0.251 e. The second-order valence-electron chi connectivity index (χ2n) is 5.86. The molecule has 0 aliphatic rings. The molecule has 136 valence electrons. The number of pyridine rings is 1. The summed E-state index contributed by atoms with van der Waals surface area (Å²) in [6, 6.07) is 19.4. The van der Waals surface area contributed by atoms with Crippen LogP contribution in [0.2, 0.25) is 5.02 Å². The first-order valence-electron chi connectivity index (χ1n) is 8.43. The molecular weight excluding hydrogens is 362 g/mol. The fraction of sp³-hybridized carbons (Fsp3) is 0.0952. The number of hydrogen-bond acceptors (Lipinski definition) is 3. The average molecular weight is 380 g/mol. The van der Waals surface area contributed by atoms with Crippen molar-refractivity contribution in [2.75, 3.05) is 0 Å². The van der Waals surface area contributed by atoms with Crippen molar-refractivity contribution in [2.24, 2.45) is 0 Å². The van der Waals surface area contributed by atoms with Crippen LogP contribution in [0, 0.1) is 0 Å². The molecular formula is C21H18ClN3O2. The first-order chi connectivity index (χ1) is 13.1. The Morgan fingerprint density at radius 2 is 1.37 bits per heavy atom. The van der Waals surface area contributed by atoms with Crippen LogP contribution in [0.25, 0.3) is 0 Å². The summed E-state index contributed by atoms with van der Waals surface area (Å²) in [5.74, 6) is -0.445. The second-order valence-corrected chi connectivity index (χ2v) is 6.26. The molecule has 6 heteroatoms. The zero-order valence-electron chi connectivity index (χ0n) is 14.5. The Balaban J connectivity index is 1.55. The zero-order chi connectivity index (χ0) is 19.1. The maximum atomic E-state index is 12.3. The van der Waals surface area contributed by atoms with Gasteiger partial charge in [0.2, 0.25) is 0 Å². The predicted octanol–water partition coefficient (Wildman–Crippen LogP) is 3.60. The molecule has 0 saturated carbocycles. The molecule has 0 aliphatic heterocycles. The standard InChI is InChI=1S/C21H18ClN3O2/c22-19-7-2-1-5-17(19)13-24-20(26)15-8-10-16(11-9-15)21(27)25-14-18-6-3-4-12-23-18/h1-12H,13-14H2,(H,24,26)(H,25,27). The fourth-order valence-corrected chi connectivity index (χ4v) is 2.67. The van der Waals surface area contributed by atoms with Crippen molar-refractivity contribution in [3.05, 3.63) is 100 Å². The molecule has 0 fully saturated rings. The highest BCUT2D eigenvalue weighted by Crippen LogP contribution is 2.14. The summed E-state index contributed by atoms with van der Waals surface area (Å²) in [6.45, 7) is 0.685. The van der Waals surface area contributed by atoms with E-state index >= 15 is 0 Å². The molecule has 1 aromatic heterocycles. The van der Waals surface area contributed by atoms with Crippen LogP contribution >= 0.6 is 11.6 Å². The van der Waals surface area contributed by atoms with Crippen molar-refractivity contribution >= 4 is 23.4 Å². The second kappa shape index (κ2) is 8.96. The molecule has 2 amide bonds. The van der Waals surface area contributed by atoms with Gasteiger partial charge in [-0.15, -0.1) is 0 Å². The van der Waals surface area contributed by atoms with Crippen molar-refractivity contribution < 1.29 is 9.59 Å². The Morgan fingerprint density at radius 3 is 1.96 bits per heavy atom. The third-order valence-corrected chi connectivity index (χ3v) is 4.33. The van der Waals surface area contributed by atoms with Crippen molar-refractivity contribution in [3.8, 4) is 0 Å². The normalized spacial score (nSPS) is 10.3. The van der Waals surface area contributed by atoms with Crippen molar-refractivity contribution in [2.45, 2.75) is 13.1 Å². The lowest BCUT2D eigenvalue weighted by molar-refractivity contribution is 0.0939. The quantitative estimate of drug-likeness (QED) is 0.687. The van der Waals surface area contributed by atoms with E-state index in [9.17, 15) is 9.59 Å². The van der Waals surface area contributed by atoms with E-state index < -0.39 is 0 Å². The molecule has 5 nitrogen and oxygen atoms in total. The lowest BCUT2D eigenvalue weighted by Crippen LogP contribution is -2.24. The summed E-state index contributed by atoms with van der Waals surface area (Å²) in [5.41, 5.74) is 2.58. The molecule has 3 aromatic rings. The first-order valence-corrected chi connectivity index (χ1v) is 8.81. The number of carbonyl (C=O) groups is 2. The number of hydrogen-bond donors (Lipinski definition) is 2. The Kier molecular flexibility index (Phi) is 6.18. The van der Waals surface area contributed by atoms with E-state index in [0.717, 1.165) is 11.3 Å². The summed E-state index contributed by atoms with van der Waals surface area (Å²) < 4.78 is 0. The molecule has 3 rings (SSSR count). The lowest BCUT2D eigenvalue weighted by atomic mass is 10.1. The summed E-state index contributed by atoms with van der Waals surface area (Å²) in [4.78, 5) is 28.6. The molecule has 1 heterocycles. The van der Waals surface area contributed by atoms with Crippen molar-refractivity contribution in [1.82, 2.24) is 15.6 Å². The number of nitrogens with zero attached hydrogens (tertiary/aromatic N) is 1. The molecule has 0 unspecified atom stereocenters. The predicted molar refractivity (Wildman–Crippen MR) is 104 cm³/mol. The maximum absolute atomic E-state index is 12.3. The van der Waals surface area contributed by atoms with Gasteiger partial charge in [-0.05, 0) is 48.0 Å². The van der Waals surface area contributed by atoms with Crippen LogP contribution in [-0.4, -0.2) is 16.8 Å². The molecule has 2 aromatic carbocycles. The Labute approximate surface area is 162 Å². The summed E-state index contributed by atoms with van der Waals surface area (Å²) in [7, 11) is 0. The Bertz CT molecular complexity index is 928. The number of amides is 2.